The number of hydrazone groups is 1. The zero-order valence-electron chi connectivity index (χ0n) is 9.79. The monoisotopic (exact) mass is 259 g/mol. The van der Waals surface area contributed by atoms with Gasteiger partial charge < -0.3 is 0 Å². The first-order chi connectivity index (χ1) is 9.16. The molecule has 5 nitrogen and oxygen atoms in total. The summed E-state index contributed by atoms with van der Waals surface area (Å²) in [6, 6.07) is 11.9. The largest absolute Gasteiger partial charge is 0.278 e. The minimum absolute atomic E-state index is 0.0212. The normalized spacial score (nSPS) is 10.6. The third-order valence-corrected chi connectivity index (χ3v) is 2.37. The van der Waals surface area contributed by atoms with Crippen LogP contribution in [0.2, 0.25) is 0 Å². The average Bonchev–Trinajstić information content (AvgIpc) is 2.41. The topological polar surface area (TPSA) is 67.5 Å². The number of para-hydroxylation sites is 1. The fourth-order valence-corrected chi connectivity index (χ4v) is 1.46. The molecule has 0 aromatic heterocycles. The average molecular weight is 259 g/mol. The highest BCUT2D eigenvalue weighted by Crippen LogP contribution is 2.15. The molecule has 0 bridgehead atoms. The second-order valence-electron chi connectivity index (χ2n) is 3.69. The lowest BCUT2D eigenvalue weighted by molar-refractivity contribution is -0.385. The number of nitrogens with one attached hydrogen (secondary N) is 1. The van der Waals surface area contributed by atoms with Crippen LogP contribution in [-0.2, 0) is 0 Å². The van der Waals surface area contributed by atoms with Gasteiger partial charge >= 0.3 is 0 Å². The standard InChI is InChI=1S/C13H10FN3O2/c14-11-5-7-12(8-6-11)16-15-9-10-3-1-2-4-13(10)17(18)19/h1-9,16H/b15-9-. The number of rotatable bonds is 4. The van der Waals surface area contributed by atoms with E-state index in [1.165, 1.54) is 36.5 Å². The van der Waals surface area contributed by atoms with Gasteiger partial charge in [-0.3, -0.25) is 15.5 Å². The molecule has 0 aliphatic carbocycles. The Bertz CT molecular complexity index is 612. The second-order valence-corrected chi connectivity index (χ2v) is 3.69. The van der Waals surface area contributed by atoms with Crippen molar-refractivity contribution in [1.82, 2.24) is 0 Å². The Hall–Kier alpha value is -2.76. The summed E-state index contributed by atoms with van der Waals surface area (Å²) in [5, 5.41) is 14.7. The van der Waals surface area contributed by atoms with Crippen molar-refractivity contribution in [2.45, 2.75) is 0 Å². The van der Waals surface area contributed by atoms with Crippen molar-refractivity contribution in [1.29, 1.82) is 0 Å². The van der Waals surface area contributed by atoms with E-state index in [4.69, 9.17) is 0 Å². The van der Waals surface area contributed by atoms with E-state index in [0.717, 1.165) is 0 Å². The molecule has 0 spiro atoms. The summed E-state index contributed by atoms with van der Waals surface area (Å²) < 4.78 is 12.7. The van der Waals surface area contributed by atoms with Crippen LogP contribution in [0.4, 0.5) is 15.8 Å². The van der Waals surface area contributed by atoms with Crippen LogP contribution in [0, 0.1) is 15.9 Å². The molecule has 0 aliphatic heterocycles. The quantitative estimate of drug-likeness (QED) is 0.521. The third-order valence-electron chi connectivity index (χ3n) is 2.37. The Kier molecular flexibility index (Phi) is 3.82. The van der Waals surface area contributed by atoms with Crippen LogP contribution in [0.3, 0.4) is 0 Å². The number of benzene rings is 2. The van der Waals surface area contributed by atoms with Gasteiger partial charge in [0.2, 0.25) is 0 Å². The number of hydrogen-bond acceptors (Lipinski definition) is 4. The van der Waals surface area contributed by atoms with Gasteiger partial charge in [0.1, 0.15) is 5.82 Å². The van der Waals surface area contributed by atoms with Crippen LogP contribution in [-0.4, -0.2) is 11.1 Å². The highest BCUT2D eigenvalue weighted by atomic mass is 19.1. The van der Waals surface area contributed by atoms with Gasteiger partial charge in [-0.1, -0.05) is 12.1 Å². The molecule has 6 heteroatoms. The van der Waals surface area contributed by atoms with Gasteiger partial charge in [-0.15, -0.1) is 0 Å². The first-order valence-corrected chi connectivity index (χ1v) is 5.45. The number of nitrogens with zero attached hydrogens (tertiary/aromatic N) is 2. The summed E-state index contributed by atoms with van der Waals surface area (Å²) in [4.78, 5) is 10.3. The Morgan fingerprint density at radius 3 is 2.53 bits per heavy atom. The van der Waals surface area contributed by atoms with Crippen molar-refractivity contribution in [3.63, 3.8) is 0 Å². The molecule has 96 valence electrons. The molecule has 0 saturated carbocycles. The van der Waals surface area contributed by atoms with Gasteiger partial charge in [0.15, 0.2) is 0 Å². The molecule has 0 radical (unpaired) electrons. The molecule has 0 amide bonds. The molecule has 0 heterocycles. The lowest BCUT2D eigenvalue weighted by Gasteiger charge is -1.99. The first-order valence-electron chi connectivity index (χ1n) is 5.45. The lowest BCUT2D eigenvalue weighted by Crippen LogP contribution is -1.96. The summed E-state index contributed by atoms with van der Waals surface area (Å²) >= 11 is 0. The van der Waals surface area contributed by atoms with Crippen molar-refractivity contribution in [2.24, 2.45) is 5.10 Å². The summed E-state index contributed by atoms with van der Waals surface area (Å²) in [5.41, 5.74) is 3.63. The summed E-state index contributed by atoms with van der Waals surface area (Å²) in [7, 11) is 0. The Morgan fingerprint density at radius 1 is 1.16 bits per heavy atom. The van der Waals surface area contributed by atoms with E-state index in [0.29, 0.717) is 11.3 Å². The molecule has 19 heavy (non-hydrogen) atoms. The van der Waals surface area contributed by atoms with E-state index in [-0.39, 0.29) is 11.5 Å². The molecule has 0 aliphatic rings. The van der Waals surface area contributed by atoms with E-state index in [1.54, 1.807) is 18.2 Å². The van der Waals surface area contributed by atoms with Crippen molar-refractivity contribution in [3.05, 3.63) is 70.0 Å². The van der Waals surface area contributed by atoms with Crippen molar-refractivity contribution in [3.8, 4) is 0 Å². The molecule has 2 aromatic rings. The molecule has 0 saturated heterocycles. The molecule has 2 aromatic carbocycles. The van der Waals surface area contributed by atoms with Gasteiger partial charge in [-0.05, 0) is 30.3 Å². The molecule has 1 N–H and O–H groups in total. The number of halogens is 1. The summed E-state index contributed by atoms with van der Waals surface area (Å²) in [6.07, 6.45) is 1.35. The smallest absolute Gasteiger partial charge is 0.278 e. The second kappa shape index (κ2) is 5.72. The van der Waals surface area contributed by atoms with Gasteiger partial charge in [0.25, 0.3) is 5.69 Å². The molecule has 2 rings (SSSR count). The number of nitro benzene ring substituents is 1. The van der Waals surface area contributed by atoms with Crippen molar-refractivity contribution in [2.75, 3.05) is 5.43 Å². The Morgan fingerprint density at radius 2 is 1.84 bits per heavy atom. The molecular weight excluding hydrogens is 249 g/mol. The van der Waals surface area contributed by atoms with Crippen LogP contribution >= 0.6 is 0 Å². The minimum Gasteiger partial charge on any atom is -0.278 e. The van der Waals surface area contributed by atoms with Gasteiger partial charge in [0.05, 0.1) is 22.4 Å². The molecular formula is C13H10FN3O2. The Balaban J connectivity index is 2.11. The van der Waals surface area contributed by atoms with Crippen LogP contribution < -0.4 is 5.43 Å². The highest BCUT2D eigenvalue weighted by molar-refractivity contribution is 5.85. The van der Waals surface area contributed by atoms with Crippen LogP contribution in [0.25, 0.3) is 0 Å². The van der Waals surface area contributed by atoms with E-state index in [1.807, 2.05) is 0 Å². The predicted octanol–water partition coefficient (Wildman–Crippen LogP) is 3.18. The van der Waals surface area contributed by atoms with E-state index >= 15 is 0 Å². The van der Waals surface area contributed by atoms with Crippen LogP contribution in [0.5, 0.6) is 0 Å². The van der Waals surface area contributed by atoms with Crippen molar-refractivity contribution < 1.29 is 9.31 Å². The maximum Gasteiger partial charge on any atom is 0.278 e. The molecule has 0 unspecified atom stereocenters. The van der Waals surface area contributed by atoms with Gasteiger partial charge in [-0.2, -0.15) is 5.10 Å². The summed E-state index contributed by atoms with van der Waals surface area (Å²) in [6.45, 7) is 0. The first kappa shape index (κ1) is 12.7. The van der Waals surface area contributed by atoms with Crippen molar-refractivity contribution >= 4 is 17.6 Å². The van der Waals surface area contributed by atoms with E-state index < -0.39 is 4.92 Å². The third kappa shape index (κ3) is 3.35. The fourth-order valence-electron chi connectivity index (χ4n) is 1.46. The van der Waals surface area contributed by atoms with Gasteiger partial charge in [0, 0.05) is 6.07 Å². The highest BCUT2D eigenvalue weighted by Gasteiger charge is 2.09. The van der Waals surface area contributed by atoms with E-state index in [2.05, 4.69) is 10.5 Å². The molecule has 0 atom stereocenters. The Labute approximate surface area is 108 Å². The summed E-state index contributed by atoms with van der Waals surface area (Å²) in [5.74, 6) is -0.340. The van der Waals surface area contributed by atoms with E-state index in [9.17, 15) is 14.5 Å². The zero-order chi connectivity index (χ0) is 13.7. The maximum absolute atomic E-state index is 12.7. The number of nitro groups is 1. The number of hydrogen-bond donors (Lipinski definition) is 1. The van der Waals surface area contributed by atoms with Crippen LogP contribution in [0.15, 0.2) is 53.6 Å². The van der Waals surface area contributed by atoms with Gasteiger partial charge in [-0.25, -0.2) is 4.39 Å². The zero-order valence-corrected chi connectivity index (χ0v) is 9.79. The number of anilines is 1. The fraction of sp³-hybridized carbons (Fsp3) is 0. The maximum atomic E-state index is 12.7. The lowest BCUT2D eigenvalue weighted by atomic mass is 10.2. The minimum atomic E-state index is -0.473. The predicted molar refractivity (Wildman–Crippen MR) is 70.7 cm³/mol. The SMILES string of the molecule is O=[N+]([O-])c1ccccc1/C=N\Nc1ccc(F)cc1. The molecule has 0 fully saturated rings. The van der Waals surface area contributed by atoms with Crippen LogP contribution in [0.1, 0.15) is 5.56 Å².